The lowest BCUT2D eigenvalue weighted by Crippen LogP contribution is -2.01. The number of aromatic amines is 1. The Balaban J connectivity index is 2.16. The Hall–Kier alpha value is -2.88. The van der Waals surface area contributed by atoms with Gasteiger partial charge in [0.1, 0.15) is 11.6 Å². The molecule has 0 aliphatic carbocycles. The van der Waals surface area contributed by atoms with E-state index in [-0.39, 0.29) is 11.3 Å². The van der Waals surface area contributed by atoms with E-state index in [4.69, 9.17) is 5.26 Å². The molecule has 0 unspecified atom stereocenters. The number of hydrogen-bond acceptors (Lipinski definition) is 5. The largest absolute Gasteiger partial charge is 0.381 e. The van der Waals surface area contributed by atoms with Gasteiger partial charge in [-0.2, -0.15) is 10.4 Å². The molecule has 0 bridgehead atoms. The van der Waals surface area contributed by atoms with Crippen LogP contribution in [0.4, 0.5) is 11.4 Å². The zero-order valence-corrected chi connectivity index (χ0v) is 10.2. The van der Waals surface area contributed by atoms with Crippen molar-refractivity contribution in [3.63, 3.8) is 0 Å². The van der Waals surface area contributed by atoms with Crippen LogP contribution in [0.1, 0.15) is 16.8 Å². The molecule has 0 radical (unpaired) electrons. The lowest BCUT2D eigenvalue weighted by molar-refractivity contribution is -0.385. The third-order valence-electron chi connectivity index (χ3n) is 2.73. The molecule has 1 heterocycles. The van der Waals surface area contributed by atoms with Crippen LogP contribution in [0.15, 0.2) is 24.4 Å². The molecule has 96 valence electrons. The van der Waals surface area contributed by atoms with E-state index in [9.17, 15) is 10.1 Å². The van der Waals surface area contributed by atoms with Crippen LogP contribution in [0, 0.1) is 28.4 Å². The summed E-state index contributed by atoms with van der Waals surface area (Å²) in [7, 11) is 0. The molecule has 0 fully saturated rings. The number of aromatic nitrogens is 2. The van der Waals surface area contributed by atoms with Gasteiger partial charge in [0.15, 0.2) is 0 Å². The first-order chi connectivity index (χ1) is 9.11. The molecule has 7 nitrogen and oxygen atoms in total. The van der Waals surface area contributed by atoms with Gasteiger partial charge in [-0.05, 0) is 19.1 Å². The number of anilines is 1. The van der Waals surface area contributed by atoms with Crippen LogP contribution in [0.2, 0.25) is 0 Å². The van der Waals surface area contributed by atoms with Crippen molar-refractivity contribution >= 4 is 11.4 Å². The maximum absolute atomic E-state index is 10.7. The molecule has 7 heteroatoms. The predicted octanol–water partition coefficient (Wildman–Crippen LogP) is 2.11. The molecule has 2 rings (SSSR count). The Kier molecular flexibility index (Phi) is 3.43. The Morgan fingerprint density at radius 2 is 2.37 bits per heavy atom. The van der Waals surface area contributed by atoms with Crippen molar-refractivity contribution in [1.82, 2.24) is 10.2 Å². The first-order valence-electron chi connectivity index (χ1n) is 5.53. The summed E-state index contributed by atoms with van der Waals surface area (Å²) in [5, 5.41) is 29.4. The van der Waals surface area contributed by atoms with Crippen LogP contribution in [0.25, 0.3) is 0 Å². The standard InChI is InChI=1S/C12H11N5O2/c1-8-10(7-15-16-8)6-14-11-2-3-12(17(18)19)9(4-11)5-13/h2-4,7,14H,6H2,1H3,(H,15,16). The summed E-state index contributed by atoms with van der Waals surface area (Å²) in [6.45, 7) is 2.44. The highest BCUT2D eigenvalue weighted by Crippen LogP contribution is 2.22. The van der Waals surface area contributed by atoms with Gasteiger partial charge in [0.05, 0.1) is 11.1 Å². The minimum atomic E-state index is -0.567. The first-order valence-corrected chi connectivity index (χ1v) is 5.53. The molecular weight excluding hydrogens is 246 g/mol. The molecule has 0 amide bonds. The number of nitrogens with one attached hydrogen (secondary N) is 2. The van der Waals surface area contributed by atoms with Crippen LogP contribution in [-0.4, -0.2) is 15.1 Å². The monoisotopic (exact) mass is 257 g/mol. The molecule has 2 N–H and O–H groups in total. The highest BCUT2D eigenvalue weighted by molar-refractivity contribution is 5.58. The molecule has 2 aromatic rings. The first kappa shape index (κ1) is 12.6. The number of H-pyrrole nitrogens is 1. The minimum Gasteiger partial charge on any atom is -0.381 e. The zero-order chi connectivity index (χ0) is 13.8. The van der Waals surface area contributed by atoms with Crippen molar-refractivity contribution in [2.45, 2.75) is 13.5 Å². The number of nitrogens with zero attached hydrogens (tertiary/aromatic N) is 3. The van der Waals surface area contributed by atoms with Gasteiger partial charge in [0.25, 0.3) is 5.69 Å². The number of nitro benzene ring substituents is 1. The van der Waals surface area contributed by atoms with E-state index >= 15 is 0 Å². The van der Waals surface area contributed by atoms with E-state index in [2.05, 4.69) is 15.5 Å². The van der Waals surface area contributed by atoms with E-state index in [1.165, 1.54) is 12.1 Å². The van der Waals surface area contributed by atoms with Gasteiger partial charge in [-0.15, -0.1) is 0 Å². The lowest BCUT2D eigenvalue weighted by atomic mass is 10.1. The van der Waals surface area contributed by atoms with Crippen LogP contribution >= 0.6 is 0 Å². The summed E-state index contributed by atoms with van der Waals surface area (Å²) < 4.78 is 0. The Labute approximate surface area is 109 Å². The van der Waals surface area contributed by atoms with E-state index in [0.717, 1.165) is 11.3 Å². The van der Waals surface area contributed by atoms with Gasteiger partial charge >= 0.3 is 0 Å². The van der Waals surface area contributed by atoms with Crippen molar-refractivity contribution in [3.8, 4) is 6.07 Å². The number of nitriles is 1. The lowest BCUT2D eigenvalue weighted by Gasteiger charge is -2.06. The zero-order valence-electron chi connectivity index (χ0n) is 10.2. The van der Waals surface area contributed by atoms with E-state index in [1.807, 2.05) is 13.0 Å². The van der Waals surface area contributed by atoms with Gasteiger partial charge in [-0.25, -0.2) is 0 Å². The third kappa shape index (κ3) is 2.69. The second-order valence-electron chi connectivity index (χ2n) is 3.97. The molecular formula is C12H11N5O2. The third-order valence-corrected chi connectivity index (χ3v) is 2.73. The van der Waals surface area contributed by atoms with Gasteiger partial charge in [-0.3, -0.25) is 15.2 Å². The SMILES string of the molecule is Cc1[nH]ncc1CNc1ccc([N+](=O)[O-])c(C#N)c1. The fourth-order valence-corrected chi connectivity index (χ4v) is 1.65. The molecule has 19 heavy (non-hydrogen) atoms. The number of nitro groups is 1. The van der Waals surface area contributed by atoms with Gasteiger partial charge in [-0.1, -0.05) is 0 Å². The van der Waals surface area contributed by atoms with Crippen LogP contribution in [0.5, 0.6) is 0 Å². The molecule has 0 aliphatic rings. The van der Waals surface area contributed by atoms with Crippen LogP contribution < -0.4 is 5.32 Å². The number of rotatable bonds is 4. The van der Waals surface area contributed by atoms with Crippen molar-refractivity contribution in [2.24, 2.45) is 0 Å². The maximum Gasteiger partial charge on any atom is 0.287 e. The molecule has 1 aromatic heterocycles. The number of benzene rings is 1. The molecule has 0 atom stereocenters. The number of hydrogen-bond donors (Lipinski definition) is 2. The van der Waals surface area contributed by atoms with Gasteiger partial charge in [0, 0.05) is 29.6 Å². The molecule has 0 saturated heterocycles. The average molecular weight is 257 g/mol. The van der Waals surface area contributed by atoms with Crippen molar-refractivity contribution in [3.05, 3.63) is 51.3 Å². The Morgan fingerprint density at radius 1 is 1.58 bits per heavy atom. The normalized spacial score (nSPS) is 9.89. The summed E-state index contributed by atoms with van der Waals surface area (Å²) >= 11 is 0. The van der Waals surface area contributed by atoms with Gasteiger partial charge in [0.2, 0.25) is 0 Å². The van der Waals surface area contributed by atoms with Crippen LogP contribution in [0.3, 0.4) is 0 Å². The fraction of sp³-hybridized carbons (Fsp3) is 0.167. The van der Waals surface area contributed by atoms with Crippen LogP contribution in [-0.2, 0) is 6.54 Å². The minimum absolute atomic E-state index is 0.0407. The average Bonchev–Trinajstić information content (AvgIpc) is 2.81. The summed E-state index contributed by atoms with van der Waals surface area (Å²) in [5.41, 5.74) is 2.46. The summed E-state index contributed by atoms with van der Waals surface area (Å²) in [5.74, 6) is 0. The molecule has 0 saturated carbocycles. The topological polar surface area (TPSA) is 108 Å². The second-order valence-corrected chi connectivity index (χ2v) is 3.97. The fourth-order valence-electron chi connectivity index (χ4n) is 1.65. The van der Waals surface area contributed by atoms with Crippen molar-refractivity contribution in [2.75, 3.05) is 5.32 Å². The quantitative estimate of drug-likeness (QED) is 0.644. The summed E-state index contributed by atoms with van der Waals surface area (Å²) in [6, 6.07) is 6.19. The maximum atomic E-state index is 10.7. The number of aryl methyl sites for hydroxylation is 1. The van der Waals surface area contributed by atoms with Crippen molar-refractivity contribution in [1.29, 1.82) is 5.26 Å². The van der Waals surface area contributed by atoms with Gasteiger partial charge < -0.3 is 5.32 Å². The van der Waals surface area contributed by atoms with E-state index < -0.39 is 4.92 Å². The molecule has 0 aliphatic heterocycles. The second kappa shape index (κ2) is 5.18. The van der Waals surface area contributed by atoms with E-state index in [0.29, 0.717) is 12.2 Å². The Morgan fingerprint density at radius 3 is 2.95 bits per heavy atom. The smallest absolute Gasteiger partial charge is 0.287 e. The highest BCUT2D eigenvalue weighted by Gasteiger charge is 2.13. The van der Waals surface area contributed by atoms with Crippen molar-refractivity contribution < 1.29 is 4.92 Å². The Bertz CT molecular complexity index is 656. The highest BCUT2D eigenvalue weighted by atomic mass is 16.6. The van der Waals surface area contributed by atoms with E-state index in [1.54, 1.807) is 12.3 Å². The predicted molar refractivity (Wildman–Crippen MR) is 68.5 cm³/mol. The summed E-state index contributed by atoms with van der Waals surface area (Å²) in [6.07, 6.45) is 1.71. The molecule has 1 aromatic carbocycles. The molecule has 0 spiro atoms. The summed E-state index contributed by atoms with van der Waals surface area (Å²) in [4.78, 5) is 10.1.